The van der Waals surface area contributed by atoms with Gasteiger partial charge in [0.2, 0.25) is 5.91 Å². The Bertz CT molecular complexity index is 438. The number of aliphatic hydroxyl groups is 1. The highest BCUT2D eigenvalue weighted by atomic mass is 16.3. The standard InChI is InChI=1S/C16H26N2O2/c1-5-18(12-16(2,3)4)10-15(20)17-14-9-7-6-8-13(14)11-19/h6-9,19H,5,10-12H2,1-4H3,(H,17,20). The third-order valence-corrected chi connectivity index (χ3v) is 2.97. The summed E-state index contributed by atoms with van der Waals surface area (Å²) in [5.74, 6) is -0.0444. The summed E-state index contributed by atoms with van der Waals surface area (Å²) in [5, 5.41) is 12.1. The van der Waals surface area contributed by atoms with Crippen molar-refractivity contribution in [3.63, 3.8) is 0 Å². The molecule has 4 heteroatoms. The van der Waals surface area contributed by atoms with Crippen molar-refractivity contribution in [3.05, 3.63) is 29.8 Å². The van der Waals surface area contributed by atoms with Crippen molar-refractivity contribution in [1.82, 2.24) is 4.90 Å². The van der Waals surface area contributed by atoms with E-state index in [1.165, 1.54) is 0 Å². The largest absolute Gasteiger partial charge is 0.392 e. The fourth-order valence-electron chi connectivity index (χ4n) is 2.12. The molecule has 1 aromatic carbocycles. The van der Waals surface area contributed by atoms with E-state index in [4.69, 9.17) is 0 Å². The van der Waals surface area contributed by atoms with Crippen LogP contribution in [0.15, 0.2) is 24.3 Å². The SMILES string of the molecule is CCN(CC(=O)Nc1ccccc1CO)CC(C)(C)C. The van der Waals surface area contributed by atoms with Gasteiger partial charge in [-0.05, 0) is 18.0 Å². The fraction of sp³-hybridized carbons (Fsp3) is 0.562. The van der Waals surface area contributed by atoms with Gasteiger partial charge in [-0.15, -0.1) is 0 Å². The number of likely N-dealkylation sites (N-methyl/N-ethyl adjacent to an activating group) is 1. The van der Waals surface area contributed by atoms with Crippen molar-refractivity contribution in [2.75, 3.05) is 25.0 Å². The number of nitrogens with zero attached hydrogens (tertiary/aromatic N) is 1. The second kappa shape index (κ2) is 7.41. The number of carbonyl (C=O) groups is 1. The molecule has 0 fully saturated rings. The van der Waals surface area contributed by atoms with Gasteiger partial charge >= 0.3 is 0 Å². The van der Waals surface area contributed by atoms with Gasteiger partial charge in [0.25, 0.3) is 0 Å². The summed E-state index contributed by atoms with van der Waals surface area (Å²) < 4.78 is 0. The van der Waals surface area contributed by atoms with Gasteiger partial charge in [0.05, 0.1) is 13.2 Å². The number of anilines is 1. The molecule has 1 rings (SSSR count). The molecule has 0 radical (unpaired) electrons. The first-order valence-electron chi connectivity index (χ1n) is 7.06. The van der Waals surface area contributed by atoms with E-state index >= 15 is 0 Å². The number of hydrogen-bond acceptors (Lipinski definition) is 3. The maximum Gasteiger partial charge on any atom is 0.238 e. The lowest BCUT2D eigenvalue weighted by Gasteiger charge is -2.28. The molecule has 112 valence electrons. The van der Waals surface area contributed by atoms with Crippen LogP contribution in [0.4, 0.5) is 5.69 Å². The number of para-hydroxylation sites is 1. The molecule has 0 unspecified atom stereocenters. The number of aliphatic hydroxyl groups excluding tert-OH is 1. The van der Waals surface area contributed by atoms with Crippen molar-refractivity contribution in [1.29, 1.82) is 0 Å². The van der Waals surface area contributed by atoms with E-state index in [2.05, 4.69) is 37.9 Å². The Kier molecular flexibility index (Phi) is 6.17. The summed E-state index contributed by atoms with van der Waals surface area (Å²) in [6, 6.07) is 7.31. The second-order valence-corrected chi connectivity index (χ2v) is 6.23. The minimum Gasteiger partial charge on any atom is -0.392 e. The van der Waals surface area contributed by atoms with Crippen molar-refractivity contribution >= 4 is 11.6 Å². The molecule has 0 atom stereocenters. The van der Waals surface area contributed by atoms with Crippen LogP contribution in [-0.2, 0) is 11.4 Å². The maximum absolute atomic E-state index is 12.1. The van der Waals surface area contributed by atoms with E-state index in [9.17, 15) is 9.90 Å². The first-order chi connectivity index (χ1) is 9.35. The number of hydrogen-bond donors (Lipinski definition) is 2. The lowest BCUT2D eigenvalue weighted by molar-refractivity contribution is -0.117. The molecule has 1 amide bonds. The van der Waals surface area contributed by atoms with Crippen molar-refractivity contribution in [2.45, 2.75) is 34.3 Å². The molecule has 4 nitrogen and oxygen atoms in total. The molecule has 0 saturated heterocycles. The van der Waals surface area contributed by atoms with Crippen LogP contribution in [0.3, 0.4) is 0 Å². The highest BCUT2D eigenvalue weighted by Gasteiger charge is 2.17. The van der Waals surface area contributed by atoms with Gasteiger partial charge in [0.15, 0.2) is 0 Å². The Labute approximate surface area is 121 Å². The highest BCUT2D eigenvalue weighted by molar-refractivity contribution is 5.92. The molecular weight excluding hydrogens is 252 g/mol. The summed E-state index contributed by atoms with van der Waals surface area (Å²) in [4.78, 5) is 14.2. The molecular formula is C16H26N2O2. The summed E-state index contributed by atoms with van der Waals surface area (Å²) in [7, 11) is 0. The van der Waals surface area contributed by atoms with Crippen LogP contribution >= 0.6 is 0 Å². The molecule has 0 bridgehead atoms. The Morgan fingerprint density at radius 2 is 1.95 bits per heavy atom. The smallest absolute Gasteiger partial charge is 0.238 e. The van der Waals surface area contributed by atoms with Crippen molar-refractivity contribution in [2.24, 2.45) is 5.41 Å². The average molecular weight is 278 g/mol. The van der Waals surface area contributed by atoms with E-state index in [1.54, 1.807) is 0 Å². The Morgan fingerprint density at radius 3 is 2.50 bits per heavy atom. The second-order valence-electron chi connectivity index (χ2n) is 6.23. The minimum absolute atomic E-state index is 0.0444. The number of carbonyl (C=O) groups excluding carboxylic acids is 1. The first kappa shape index (κ1) is 16.7. The summed E-state index contributed by atoms with van der Waals surface area (Å²) >= 11 is 0. The Hall–Kier alpha value is -1.39. The molecule has 0 saturated carbocycles. The van der Waals surface area contributed by atoms with Crippen LogP contribution in [0.1, 0.15) is 33.3 Å². The van der Waals surface area contributed by atoms with Crippen LogP contribution in [0, 0.1) is 5.41 Å². The van der Waals surface area contributed by atoms with Crippen LogP contribution in [0.2, 0.25) is 0 Å². The Balaban J connectivity index is 2.62. The van der Waals surface area contributed by atoms with Gasteiger partial charge < -0.3 is 10.4 Å². The van der Waals surface area contributed by atoms with Gasteiger partial charge in [0, 0.05) is 17.8 Å². The molecule has 2 N–H and O–H groups in total. The third-order valence-electron chi connectivity index (χ3n) is 2.97. The number of benzene rings is 1. The zero-order valence-corrected chi connectivity index (χ0v) is 12.9. The first-order valence-corrected chi connectivity index (χ1v) is 7.06. The van der Waals surface area contributed by atoms with Gasteiger partial charge in [-0.2, -0.15) is 0 Å². The summed E-state index contributed by atoms with van der Waals surface area (Å²) in [6.45, 7) is 10.5. The van der Waals surface area contributed by atoms with Gasteiger partial charge in [0.1, 0.15) is 0 Å². The topological polar surface area (TPSA) is 52.6 Å². The average Bonchev–Trinajstić information content (AvgIpc) is 2.36. The van der Waals surface area contributed by atoms with E-state index in [1.807, 2.05) is 24.3 Å². The monoisotopic (exact) mass is 278 g/mol. The van der Waals surface area contributed by atoms with Gasteiger partial charge in [-0.1, -0.05) is 45.9 Å². The number of nitrogens with one attached hydrogen (secondary N) is 1. The molecule has 1 aromatic rings. The lowest BCUT2D eigenvalue weighted by Crippen LogP contribution is -2.38. The molecule has 0 aliphatic rings. The third kappa shape index (κ3) is 5.72. The quantitative estimate of drug-likeness (QED) is 0.840. The van der Waals surface area contributed by atoms with Crippen LogP contribution in [-0.4, -0.2) is 35.5 Å². The van der Waals surface area contributed by atoms with Crippen LogP contribution in [0.25, 0.3) is 0 Å². The van der Waals surface area contributed by atoms with Crippen molar-refractivity contribution in [3.8, 4) is 0 Å². The normalized spacial score (nSPS) is 11.7. The molecule has 0 aliphatic heterocycles. The number of rotatable bonds is 6. The summed E-state index contributed by atoms with van der Waals surface area (Å²) in [5.41, 5.74) is 1.59. The lowest BCUT2D eigenvalue weighted by atomic mass is 9.96. The Morgan fingerprint density at radius 1 is 1.30 bits per heavy atom. The predicted molar refractivity (Wildman–Crippen MR) is 82.6 cm³/mol. The fourth-order valence-corrected chi connectivity index (χ4v) is 2.12. The number of amides is 1. The van der Waals surface area contributed by atoms with E-state index in [0.29, 0.717) is 12.2 Å². The minimum atomic E-state index is -0.0735. The zero-order chi connectivity index (χ0) is 15.2. The highest BCUT2D eigenvalue weighted by Crippen LogP contribution is 2.16. The molecule has 0 spiro atoms. The van der Waals surface area contributed by atoms with Crippen LogP contribution in [0.5, 0.6) is 0 Å². The van der Waals surface area contributed by atoms with E-state index < -0.39 is 0 Å². The molecule has 0 aliphatic carbocycles. The van der Waals surface area contributed by atoms with Crippen LogP contribution < -0.4 is 5.32 Å². The molecule has 0 heterocycles. The van der Waals surface area contributed by atoms with E-state index in [-0.39, 0.29) is 17.9 Å². The summed E-state index contributed by atoms with van der Waals surface area (Å²) in [6.07, 6.45) is 0. The molecule has 20 heavy (non-hydrogen) atoms. The predicted octanol–water partition coefficient (Wildman–Crippen LogP) is 2.49. The van der Waals surface area contributed by atoms with E-state index in [0.717, 1.165) is 18.7 Å². The zero-order valence-electron chi connectivity index (χ0n) is 12.9. The van der Waals surface area contributed by atoms with Crippen molar-refractivity contribution < 1.29 is 9.90 Å². The molecule has 0 aromatic heterocycles. The van der Waals surface area contributed by atoms with Gasteiger partial charge in [-0.3, -0.25) is 9.69 Å². The van der Waals surface area contributed by atoms with Gasteiger partial charge in [-0.25, -0.2) is 0 Å². The maximum atomic E-state index is 12.1.